The number of likely N-dealkylation sites (N-methyl/N-ethyl adjacent to an activating group) is 1. The van der Waals surface area contributed by atoms with Crippen molar-refractivity contribution in [2.75, 3.05) is 25.6 Å². The van der Waals surface area contributed by atoms with Crippen LogP contribution in [0.25, 0.3) is 0 Å². The molecule has 0 amide bonds. The van der Waals surface area contributed by atoms with Crippen LogP contribution in [-0.4, -0.2) is 25.8 Å². The Hall–Kier alpha value is -2.00. The number of hydrogen-bond acceptors (Lipinski definition) is 3. The van der Waals surface area contributed by atoms with Crippen LogP contribution in [0, 0.1) is 6.92 Å². The van der Waals surface area contributed by atoms with Gasteiger partial charge in [0, 0.05) is 19.3 Å². The van der Waals surface area contributed by atoms with Gasteiger partial charge in [0.25, 0.3) is 0 Å². The molecule has 0 saturated heterocycles. The molecule has 0 heterocycles. The quantitative estimate of drug-likeness (QED) is 0.906. The van der Waals surface area contributed by atoms with Crippen molar-refractivity contribution in [3.05, 3.63) is 59.7 Å². The number of hydrogen-bond donors (Lipinski definition) is 1. The van der Waals surface area contributed by atoms with Crippen molar-refractivity contribution in [2.24, 2.45) is 0 Å². The predicted molar refractivity (Wildman–Crippen MR) is 82.4 cm³/mol. The predicted octanol–water partition coefficient (Wildman–Crippen LogP) is 3.17. The first-order valence-electron chi connectivity index (χ1n) is 6.70. The number of methoxy groups -OCH3 is 1. The van der Waals surface area contributed by atoms with Gasteiger partial charge in [-0.15, -0.1) is 0 Å². The van der Waals surface area contributed by atoms with Gasteiger partial charge in [-0.1, -0.05) is 24.3 Å². The molecule has 106 valence electrons. The summed E-state index contributed by atoms with van der Waals surface area (Å²) < 4.78 is 5.15. The Balaban J connectivity index is 2.06. The summed E-state index contributed by atoms with van der Waals surface area (Å²) in [7, 11) is 3.63. The Labute approximate surface area is 120 Å². The maximum Gasteiger partial charge on any atom is 0.119 e. The second kappa shape index (κ2) is 6.44. The fourth-order valence-electron chi connectivity index (χ4n) is 2.26. The molecule has 2 aromatic rings. The summed E-state index contributed by atoms with van der Waals surface area (Å²) in [4.78, 5) is 2.04. The zero-order valence-electron chi connectivity index (χ0n) is 12.2. The summed E-state index contributed by atoms with van der Waals surface area (Å²) in [6.45, 7) is 2.57. The van der Waals surface area contributed by atoms with Crippen LogP contribution in [0.5, 0.6) is 5.75 Å². The number of aryl methyl sites for hydroxylation is 1. The standard InChI is InChI=1S/C17H21NO2/c1-13-6-4-5-7-16(13)17(19)12-18(2)14-8-10-15(20-3)11-9-14/h4-11,17,19H,12H2,1-3H3. The molecule has 3 nitrogen and oxygen atoms in total. The van der Waals surface area contributed by atoms with Gasteiger partial charge >= 0.3 is 0 Å². The van der Waals surface area contributed by atoms with E-state index in [1.807, 2.05) is 67.4 Å². The van der Waals surface area contributed by atoms with Crippen LogP contribution in [0.3, 0.4) is 0 Å². The second-order valence-corrected chi connectivity index (χ2v) is 4.95. The van der Waals surface area contributed by atoms with Crippen molar-refractivity contribution in [2.45, 2.75) is 13.0 Å². The van der Waals surface area contributed by atoms with Gasteiger partial charge in [0.2, 0.25) is 0 Å². The summed E-state index contributed by atoms with van der Waals surface area (Å²) in [6, 6.07) is 15.8. The molecule has 0 radical (unpaired) electrons. The highest BCUT2D eigenvalue weighted by molar-refractivity contribution is 5.48. The first-order valence-corrected chi connectivity index (χ1v) is 6.70. The van der Waals surface area contributed by atoms with Crippen molar-refractivity contribution < 1.29 is 9.84 Å². The van der Waals surface area contributed by atoms with E-state index in [4.69, 9.17) is 4.74 Å². The largest absolute Gasteiger partial charge is 0.497 e. The van der Waals surface area contributed by atoms with Crippen LogP contribution in [0.1, 0.15) is 17.2 Å². The fourth-order valence-corrected chi connectivity index (χ4v) is 2.26. The van der Waals surface area contributed by atoms with E-state index in [9.17, 15) is 5.11 Å². The smallest absolute Gasteiger partial charge is 0.119 e. The molecule has 0 aliphatic rings. The first kappa shape index (κ1) is 14.4. The van der Waals surface area contributed by atoms with Crippen molar-refractivity contribution in [3.63, 3.8) is 0 Å². The van der Waals surface area contributed by atoms with E-state index in [2.05, 4.69) is 0 Å². The molecular weight excluding hydrogens is 250 g/mol. The number of rotatable bonds is 5. The van der Waals surface area contributed by atoms with E-state index in [1.54, 1.807) is 7.11 Å². The molecular formula is C17H21NO2. The molecule has 2 aromatic carbocycles. The Morgan fingerprint density at radius 2 is 1.75 bits per heavy atom. The highest BCUT2D eigenvalue weighted by atomic mass is 16.5. The van der Waals surface area contributed by atoms with Crippen LogP contribution in [0.15, 0.2) is 48.5 Å². The topological polar surface area (TPSA) is 32.7 Å². The molecule has 1 unspecified atom stereocenters. The lowest BCUT2D eigenvalue weighted by Crippen LogP contribution is -2.24. The minimum Gasteiger partial charge on any atom is -0.497 e. The highest BCUT2D eigenvalue weighted by Gasteiger charge is 2.13. The third-order valence-corrected chi connectivity index (χ3v) is 3.51. The lowest BCUT2D eigenvalue weighted by atomic mass is 10.0. The Kier molecular flexibility index (Phi) is 4.64. The van der Waals surface area contributed by atoms with Gasteiger partial charge in [0.1, 0.15) is 5.75 Å². The minimum atomic E-state index is -0.497. The van der Waals surface area contributed by atoms with E-state index < -0.39 is 6.10 Å². The molecule has 1 N–H and O–H groups in total. The van der Waals surface area contributed by atoms with Gasteiger partial charge in [-0.3, -0.25) is 0 Å². The van der Waals surface area contributed by atoms with Crippen LogP contribution >= 0.6 is 0 Å². The second-order valence-electron chi connectivity index (χ2n) is 4.95. The van der Waals surface area contributed by atoms with E-state index >= 15 is 0 Å². The number of aliphatic hydroxyl groups is 1. The molecule has 0 fully saturated rings. The SMILES string of the molecule is COc1ccc(N(C)CC(O)c2ccccc2C)cc1. The molecule has 0 aliphatic carbocycles. The summed E-state index contributed by atoms with van der Waals surface area (Å²) in [5.41, 5.74) is 3.15. The van der Waals surface area contributed by atoms with E-state index in [1.165, 1.54) is 0 Å². The molecule has 0 bridgehead atoms. The van der Waals surface area contributed by atoms with Crippen LogP contribution in [-0.2, 0) is 0 Å². The summed E-state index contributed by atoms with van der Waals surface area (Å²) in [5, 5.41) is 10.4. The van der Waals surface area contributed by atoms with Crippen LogP contribution in [0.4, 0.5) is 5.69 Å². The molecule has 0 aliphatic heterocycles. The van der Waals surface area contributed by atoms with Crippen LogP contribution < -0.4 is 9.64 Å². The zero-order chi connectivity index (χ0) is 14.5. The average Bonchev–Trinajstić information content (AvgIpc) is 2.47. The lowest BCUT2D eigenvalue weighted by Gasteiger charge is -2.24. The molecule has 20 heavy (non-hydrogen) atoms. The molecule has 1 atom stereocenters. The number of benzene rings is 2. The van der Waals surface area contributed by atoms with Gasteiger partial charge in [-0.05, 0) is 42.3 Å². The third kappa shape index (κ3) is 3.31. The summed E-state index contributed by atoms with van der Waals surface area (Å²) >= 11 is 0. The van der Waals surface area contributed by atoms with E-state index in [-0.39, 0.29) is 0 Å². The van der Waals surface area contributed by atoms with Crippen LogP contribution in [0.2, 0.25) is 0 Å². The fraction of sp³-hybridized carbons (Fsp3) is 0.294. The molecule has 3 heteroatoms. The monoisotopic (exact) mass is 271 g/mol. The number of aliphatic hydroxyl groups excluding tert-OH is 1. The number of nitrogens with zero attached hydrogens (tertiary/aromatic N) is 1. The Morgan fingerprint density at radius 1 is 1.10 bits per heavy atom. The van der Waals surface area contributed by atoms with Gasteiger partial charge in [-0.2, -0.15) is 0 Å². The molecule has 0 saturated carbocycles. The summed E-state index contributed by atoms with van der Waals surface area (Å²) in [5.74, 6) is 0.835. The lowest BCUT2D eigenvalue weighted by molar-refractivity contribution is 0.184. The maximum atomic E-state index is 10.4. The van der Waals surface area contributed by atoms with Crippen molar-refractivity contribution >= 4 is 5.69 Å². The highest BCUT2D eigenvalue weighted by Crippen LogP contribution is 2.22. The molecule has 0 aromatic heterocycles. The average molecular weight is 271 g/mol. The van der Waals surface area contributed by atoms with Crippen molar-refractivity contribution in [1.82, 2.24) is 0 Å². The van der Waals surface area contributed by atoms with Crippen molar-refractivity contribution in [3.8, 4) is 5.75 Å². The zero-order valence-corrected chi connectivity index (χ0v) is 12.2. The number of anilines is 1. The van der Waals surface area contributed by atoms with Gasteiger partial charge in [0.05, 0.1) is 13.2 Å². The maximum absolute atomic E-state index is 10.4. The van der Waals surface area contributed by atoms with E-state index in [0.29, 0.717) is 6.54 Å². The first-order chi connectivity index (χ1) is 9.61. The molecule has 2 rings (SSSR count). The van der Waals surface area contributed by atoms with Crippen molar-refractivity contribution in [1.29, 1.82) is 0 Å². The summed E-state index contributed by atoms with van der Waals surface area (Å²) in [6.07, 6.45) is -0.497. The van der Waals surface area contributed by atoms with Gasteiger partial charge in [0.15, 0.2) is 0 Å². The third-order valence-electron chi connectivity index (χ3n) is 3.51. The Bertz CT molecular complexity index is 551. The molecule has 0 spiro atoms. The normalized spacial score (nSPS) is 12.0. The van der Waals surface area contributed by atoms with Gasteiger partial charge < -0.3 is 14.7 Å². The van der Waals surface area contributed by atoms with E-state index in [0.717, 1.165) is 22.6 Å². The van der Waals surface area contributed by atoms with Gasteiger partial charge in [-0.25, -0.2) is 0 Å². The minimum absolute atomic E-state index is 0.497. The number of ether oxygens (including phenoxy) is 1. The Morgan fingerprint density at radius 3 is 2.35 bits per heavy atom.